The van der Waals surface area contributed by atoms with Gasteiger partial charge in [0.15, 0.2) is 29.6 Å². The number of rotatable bonds is 12. The maximum atomic E-state index is 12.3. The summed E-state index contributed by atoms with van der Waals surface area (Å²) in [6, 6.07) is 14.9. The minimum Gasteiger partial charge on any atom is -0.493 e. The number of methoxy groups -OCH3 is 3. The van der Waals surface area contributed by atoms with Crippen LogP contribution < -0.4 is 35.0 Å². The number of nitrogens with one attached hydrogen (secondary N) is 3. The Kier molecular flexibility index (Phi) is 11.6. The Balaban J connectivity index is 1.46. The van der Waals surface area contributed by atoms with Crippen molar-refractivity contribution in [1.29, 1.82) is 0 Å². The largest absolute Gasteiger partial charge is 0.493 e. The number of hydrogen-bond acceptors (Lipinski definition) is 8. The molecular formula is C28H28Cl2N4O7. The Morgan fingerprint density at radius 3 is 2.15 bits per heavy atom. The summed E-state index contributed by atoms with van der Waals surface area (Å²) in [5, 5.41) is 9.76. The van der Waals surface area contributed by atoms with Crippen LogP contribution in [0.25, 0.3) is 0 Å². The Morgan fingerprint density at radius 2 is 1.46 bits per heavy atom. The molecule has 0 bridgehead atoms. The highest BCUT2D eigenvalue weighted by molar-refractivity contribution is 6.35. The van der Waals surface area contributed by atoms with E-state index in [9.17, 15) is 14.4 Å². The van der Waals surface area contributed by atoms with Crippen LogP contribution in [0, 0.1) is 0 Å². The van der Waals surface area contributed by atoms with Gasteiger partial charge < -0.3 is 29.6 Å². The standard InChI is InChI=1S/C28H28Cl2N4O7/c1-38-22-6-4-17(10-24(22)39-2)8-9-31-27(36)28(37)34-32-15-18-5-7-23(25(11-18)40-3)41-16-26(35)33-21-13-19(29)12-20(30)14-21/h4-7,10-15H,8-9,16H2,1-3H3,(H,31,36)(H,33,35)(H,34,37)/b32-15-. The Bertz CT molecular complexity index is 1410. The molecule has 3 aromatic rings. The van der Waals surface area contributed by atoms with Crippen LogP contribution in [0.2, 0.25) is 10.0 Å². The second-order valence-corrected chi connectivity index (χ2v) is 9.17. The molecule has 0 unspecified atom stereocenters. The summed E-state index contributed by atoms with van der Waals surface area (Å²) in [5.41, 5.74) is 4.05. The monoisotopic (exact) mass is 602 g/mol. The van der Waals surface area contributed by atoms with E-state index in [-0.39, 0.29) is 13.2 Å². The van der Waals surface area contributed by atoms with E-state index in [0.717, 1.165) is 5.56 Å². The number of hydrazone groups is 1. The van der Waals surface area contributed by atoms with Gasteiger partial charge in [0.1, 0.15) is 0 Å². The van der Waals surface area contributed by atoms with E-state index in [0.29, 0.717) is 50.7 Å². The maximum Gasteiger partial charge on any atom is 0.329 e. The summed E-state index contributed by atoms with van der Waals surface area (Å²) >= 11 is 11.9. The van der Waals surface area contributed by atoms with E-state index in [1.807, 2.05) is 6.07 Å². The summed E-state index contributed by atoms with van der Waals surface area (Å²) in [6.07, 6.45) is 1.81. The van der Waals surface area contributed by atoms with Gasteiger partial charge in [0, 0.05) is 22.3 Å². The van der Waals surface area contributed by atoms with Crippen molar-refractivity contribution in [2.24, 2.45) is 5.10 Å². The lowest BCUT2D eigenvalue weighted by Crippen LogP contribution is -2.38. The fourth-order valence-electron chi connectivity index (χ4n) is 3.50. The molecule has 0 radical (unpaired) electrons. The van der Waals surface area contributed by atoms with Gasteiger partial charge in [0.05, 0.1) is 27.5 Å². The number of benzene rings is 3. The molecule has 0 aromatic heterocycles. The number of carbonyl (C=O) groups excluding carboxylic acids is 3. The molecule has 216 valence electrons. The number of anilines is 1. The van der Waals surface area contributed by atoms with Crippen LogP contribution in [0.3, 0.4) is 0 Å². The van der Waals surface area contributed by atoms with Crippen LogP contribution in [-0.2, 0) is 20.8 Å². The zero-order chi connectivity index (χ0) is 29.8. The number of hydrogen-bond donors (Lipinski definition) is 3. The van der Waals surface area contributed by atoms with Crippen LogP contribution in [0.5, 0.6) is 23.0 Å². The summed E-state index contributed by atoms with van der Waals surface area (Å²) in [4.78, 5) is 36.4. The second kappa shape index (κ2) is 15.3. The summed E-state index contributed by atoms with van der Waals surface area (Å²) in [5.74, 6) is -0.380. The minimum absolute atomic E-state index is 0.231. The smallest absolute Gasteiger partial charge is 0.329 e. The van der Waals surface area contributed by atoms with Crippen molar-refractivity contribution in [3.05, 3.63) is 75.8 Å². The van der Waals surface area contributed by atoms with Crippen molar-refractivity contribution in [3.63, 3.8) is 0 Å². The molecule has 11 nitrogen and oxygen atoms in total. The summed E-state index contributed by atoms with van der Waals surface area (Å²) < 4.78 is 21.3. The molecule has 3 amide bonds. The van der Waals surface area contributed by atoms with E-state index in [2.05, 4.69) is 21.2 Å². The SMILES string of the molecule is COc1ccc(CCNC(=O)C(=O)N/N=C\c2ccc(OCC(=O)Nc3cc(Cl)cc(Cl)c3)c(OC)c2)cc1OC. The Morgan fingerprint density at radius 1 is 0.805 bits per heavy atom. The molecule has 41 heavy (non-hydrogen) atoms. The highest BCUT2D eigenvalue weighted by Gasteiger charge is 2.13. The van der Waals surface area contributed by atoms with Crippen LogP contribution in [0.15, 0.2) is 59.7 Å². The first-order valence-corrected chi connectivity index (χ1v) is 12.9. The van der Waals surface area contributed by atoms with Gasteiger partial charge in [-0.3, -0.25) is 14.4 Å². The van der Waals surface area contributed by atoms with E-state index >= 15 is 0 Å². The van der Waals surface area contributed by atoms with E-state index in [1.165, 1.54) is 20.4 Å². The van der Waals surface area contributed by atoms with Crippen LogP contribution in [0.1, 0.15) is 11.1 Å². The van der Waals surface area contributed by atoms with E-state index in [4.69, 9.17) is 42.1 Å². The molecule has 0 fully saturated rings. The Labute approximate surface area is 246 Å². The van der Waals surface area contributed by atoms with Crippen LogP contribution in [-0.4, -0.2) is 58.4 Å². The van der Waals surface area contributed by atoms with Crippen molar-refractivity contribution >= 4 is 52.8 Å². The molecule has 13 heteroatoms. The Hall–Kier alpha value is -4.48. The first-order valence-electron chi connectivity index (χ1n) is 12.1. The topological polar surface area (TPSA) is 137 Å². The van der Waals surface area contributed by atoms with Gasteiger partial charge >= 0.3 is 11.8 Å². The molecule has 0 saturated carbocycles. The van der Waals surface area contributed by atoms with E-state index in [1.54, 1.807) is 55.6 Å². The molecule has 0 spiro atoms. The van der Waals surface area contributed by atoms with Gasteiger partial charge in [-0.2, -0.15) is 5.10 Å². The predicted octanol–water partition coefficient (Wildman–Crippen LogP) is 3.85. The lowest BCUT2D eigenvalue weighted by Gasteiger charge is -2.12. The van der Waals surface area contributed by atoms with Crippen molar-refractivity contribution in [1.82, 2.24) is 10.7 Å². The molecule has 0 aliphatic rings. The molecule has 0 aliphatic heterocycles. The van der Waals surface area contributed by atoms with E-state index < -0.39 is 17.7 Å². The quantitative estimate of drug-likeness (QED) is 0.163. The lowest BCUT2D eigenvalue weighted by molar-refractivity contribution is -0.139. The molecule has 0 aliphatic carbocycles. The fourth-order valence-corrected chi connectivity index (χ4v) is 4.03. The van der Waals surface area contributed by atoms with Crippen molar-refractivity contribution in [2.45, 2.75) is 6.42 Å². The normalized spacial score (nSPS) is 10.6. The number of carbonyl (C=O) groups is 3. The average Bonchev–Trinajstić information content (AvgIpc) is 2.95. The lowest BCUT2D eigenvalue weighted by atomic mass is 10.1. The predicted molar refractivity (Wildman–Crippen MR) is 156 cm³/mol. The highest BCUT2D eigenvalue weighted by Crippen LogP contribution is 2.29. The first kappa shape index (κ1) is 31.1. The molecule has 0 atom stereocenters. The van der Waals surface area contributed by atoms with Gasteiger partial charge in [0.2, 0.25) is 0 Å². The number of amides is 3. The molecular weight excluding hydrogens is 575 g/mol. The average molecular weight is 603 g/mol. The third-order valence-corrected chi connectivity index (χ3v) is 5.86. The zero-order valence-corrected chi connectivity index (χ0v) is 24.0. The van der Waals surface area contributed by atoms with Gasteiger partial charge in [-0.05, 0) is 66.1 Å². The summed E-state index contributed by atoms with van der Waals surface area (Å²) in [7, 11) is 4.52. The van der Waals surface area contributed by atoms with Gasteiger partial charge in [-0.25, -0.2) is 5.43 Å². The molecule has 3 aromatic carbocycles. The van der Waals surface area contributed by atoms with Gasteiger partial charge in [0.25, 0.3) is 5.91 Å². The number of nitrogens with zero attached hydrogens (tertiary/aromatic N) is 1. The van der Waals surface area contributed by atoms with Crippen molar-refractivity contribution in [3.8, 4) is 23.0 Å². The van der Waals surface area contributed by atoms with Crippen LogP contribution >= 0.6 is 23.2 Å². The van der Waals surface area contributed by atoms with Gasteiger partial charge in [-0.1, -0.05) is 29.3 Å². The number of halogens is 2. The van der Waals surface area contributed by atoms with Crippen molar-refractivity contribution in [2.75, 3.05) is 39.8 Å². The first-order chi connectivity index (χ1) is 19.7. The molecule has 0 saturated heterocycles. The molecule has 3 rings (SSSR count). The van der Waals surface area contributed by atoms with Gasteiger partial charge in [-0.15, -0.1) is 0 Å². The third kappa shape index (κ3) is 9.59. The molecule has 0 heterocycles. The van der Waals surface area contributed by atoms with Crippen molar-refractivity contribution < 1.29 is 33.3 Å². The second-order valence-electron chi connectivity index (χ2n) is 8.30. The third-order valence-electron chi connectivity index (χ3n) is 5.43. The minimum atomic E-state index is -0.924. The number of ether oxygens (including phenoxy) is 4. The zero-order valence-electron chi connectivity index (χ0n) is 22.5. The van der Waals surface area contributed by atoms with Crippen LogP contribution in [0.4, 0.5) is 5.69 Å². The fraction of sp³-hybridized carbons (Fsp3) is 0.214. The highest BCUT2D eigenvalue weighted by atomic mass is 35.5. The maximum absolute atomic E-state index is 12.3. The summed E-state index contributed by atoms with van der Waals surface area (Å²) in [6.45, 7) is -0.0694. The molecule has 3 N–H and O–H groups in total.